The van der Waals surface area contributed by atoms with E-state index in [4.69, 9.17) is 9.84 Å². The summed E-state index contributed by atoms with van der Waals surface area (Å²) in [6.45, 7) is 22.1. The Hall–Kier alpha value is -6.62. The highest BCUT2D eigenvalue weighted by Crippen LogP contribution is 2.45. The van der Waals surface area contributed by atoms with Crippen LogP contribution in [0.3, 0.4) is 0 Å². The van der Waals surface area contributed by atoms with Crippen LogP contribution in [-0.2, 0) is 28.7 Å². The molecule has 0 spiro atoms. The number of nitrogens with one attached hydrogen (secondary N) is 3. The number of rotatable bonds is 22. The van der Waals surface area contributed by atoms with Gasteiger partial charge >= 0.3 is 11.8 Å². The highest BCUT2D eigenvalue weighted by atomic mass is 16.5. The standard InChI is InChI=1S/C25H32N2O5.C19H31N3O2.C13H18N2O2/c1-17-13-22-20(14-21(17)26-24(31)23(30)18-7-5-4-6-8-18)19(16-29)15-25(2,3)27(22)9-11-32-12-10-28;1-5-8-14-22(15-9-6-2)19(24)18(23)20-16-10-12-17(13-11-16)21(4)7-3;1-5-15(4)11-6-7-12(9(2)8-11)14-13(17)10(3)16/h4-8,13-14,19,28-29H,9-12,15-16H2,1-3H3,(H,26,31);10-13H,5-9,14-15H2,1-4H3,(H,20,23);6-8H,5H2,1-4H3,(H,14,17). The number of aliphatic hydroxyl groups excluding tert-OH is 2. The van der Waals surface area contributed by atoms with Crippen LogP contribution in [0.15, 0.2) is 84.9 Å². The van der Waals surface area contributed by atoms with Gasteiger partial charge in [0.2, 0.25) is 5.78 Å². The summed E-state index contributed by atoms with van der Waals surface area (Å²) in [6.07, 6.45) is 4.57. The van der Waals surface area contributed by atoms with E-state index in [0.29, 0.717) is 55.5 Å². The second-order valence-electron chi connectivity index (χ2n) is 18.8. The van der Waals surface area contributed by atoms with E-state index in [1.165, 1.54) is 6.92 Å². The number of amides is 4. The monoisotopic (exact) mass is 1010 g/mol. The number of ether oxygens (including phenoxy) is 1. The number of hydrogen-bond donors (Lipinski definition) is 5. The largest absolute Gasteiger partial charge is 0.396 e. The molecule has 4 aromatic carbocycles. The SMILES string of the molecule is CCCCN(CCCC)C(=O)C(=O)Nc1ccc(N(C)CC)cc1.CCN(C)c1ccc(NC(=O)C(C)=O)c(C)c1.Cc1cc2c(cc1NC(=O)C(=O)c1ccccc1)C(CO)CC(C)(C)N2CCOCCO. The van der Waals surface area contributed by atoms with E-state index >= 15 is 0 Å². The molecule has 5 rings (SSSR count). The maximum absolute atomic E-state index is 12.6. The number of ketones is 2. The van der Waals surface area contributed by atoms with Gasteiger partial charge in [-0.3, -0.25) is 28.8 Å². The number of fused-ring (bicyclic) bond motifs is 1. The molecule has 0 bridgehead atoms. The van der Waals surface area contributed by atoms with Crippen LogP contribution in [0, 0.1) is 13.8 Å². The molecular formula is C57H81N7O9. The van der Waals surface area contributed by atoms with Crippen LogP contribution in [-0.4, -0.2) is 129 Å². The zero-order valence-electron chi connectivity index (χ0n) is 45.1. The molecule has 4 aromatic rings. The molecule has 398 valence electrons. The van der Waals surface area contributed by atoms with E-state index in [9.17, 15) is 33.9 Å². The maximum Gasteiger partial charge on any atom is 0.313 e. The molecule has 4 amide bonds. The molecule has 0 aliphatic carbocycles. The van der Waals surface area contributed by atoms with Crippen molar-refractivity contribution in [2.75, 3.05) is 104 Å². The Bertz CT molecular complexity index is 2420. The number of aryl methyl sites for hydroxylation is 2. The fraction of sp³-hybridized carbons (Fsp3) is 0.474. The molecule has 1 unspecified atom stereocenters. The van der Waals surface area contributed by atoms with Gasteiger partial charge in [-0.15, -0.1) is 0 Å². The van der Waals surface area contributed by atoms with Crippen molar-refractivity contribution < 1.29 is 43.7 Å². The Balaban J connectivity index is 0.000000304. The van der Waals surface area contributed by atoms with Crippen LogP contribution >= 0.6 is 0 Å². The number of carbonyl (C=O) groups excluding carboxylic acids is 6. The van der Waals surface area contributed by atoms with Gasteiger partial charge in [-0.1, -0.05) is 57.0 Å². The zero-order valence-corrected chi connectivity index (χ0v) is 45.1. The van der Waals surface area contributed by atoms with Gasteiger partial charge in [-0.25, -0.2) is 0 Å². The first-order valence-electron chi connectivity index (χ1n) is 25.4. The minimum Gasteiger partial charge on any atom is -0.396 e. The number of carbonyl (C=O) groups is 6. The van der Waals surface area contributed by atoms with Crippen LogP contribution in [0.1, 0.15) is 114 Å². The van der Waals surface area contributed by atoms with Crippen LogP contribution in [0.2, 0.25) is 0 Å². The summed E-state index contributed by atoms with van der Waals surface area (Å²) in [5, 5.41) is 27.1. The van der Waals surface area contributed by atoms with Gasteiger partial charge in [0.1, 0.15) is 0 Å². The molecule has 0 aromatic heterocycles. The number of nitrogens with zero attached hydrogens (tertiary/aromatic N) is 4. The third-order valence-corrected chi connectivity index (χ3v) is 12.8. The van der Waals surface area contributed by atoms with E-state index in [-0.39, 0.29) is 24.7 Å². The molecule has 73 heavy (non-hydrogen) atoms. The van der Waals surface area contributed by atoms with Crippen molar-refractivity contribution in [1.82, 2.24) is 4.90 Å². The van der Waals surface area contributed by atoms with Crippen LogP contribution in [0.25, 0.3) is 0 Å². The van der Waals surface area contributed by atoms with Crippen molar-refractivity contribution in [3.8, 4) is 0 Å². The van der Waals surface area contributed by atoms with E-state index in [0.717, 1.165) is 78.9 Å². The van der Waals surface area contributed by atoms with Gasteiger partial charge in [-0.2, -0.15) is 0 Å². The lowest BCUT2D eigenvalue weighted by Crippen LogP contribution is -2.50. The van der Waals surface area contributed by atoms with Gasteiger partial charge in [0.25, 0.3) is 17.6 Å². The summed E-state index contributed by atoms with van der Waals surface area (Å²) in [5.41, 5.74) is 7.87. The molecule has 1 aliphatic rings. The molecule has 1 atom stereocenters. The molecule has 0 fully saturated rings. The highest BCUT2D eigenvalue weighted by molar-refractivity contribution is 6.46. The fourth-order valence-corrected chi connectivity index (χ4v) is 8.10. The molecule has 5 N–H and O–H groups in total. The Morgan fingerprint density at radius 1 is 0.699 bits per heavy atom. The van der Waals surface area contributed by atoms with Gasteiger partial charge in [0, 0.05) is 105 Å². The number of hydrogen-bond acceptors (Lipinski definition) is 12. The molecule has 16 nitrogen and oxygen atoms in total. The van der Waals surface area contributed by atoms with Crippen molar-refractivity contribution in [3.63, 3.8) is 0 Å². The van der Waals surface area contributed by atoms with Crippen molar-refractivity contribution in [3.05, 3.63) is 107 Å². The summed E-state index contributed by atoms with van der Waals surface area (Å²) in [7, 11) is 4.01. The Morgan fingerprint density at radius 2 is 1.27 bits per heavy atom. The number of aliphatic hydroxyl groups is 2. The second-order valence-corrected chi connectivity index (χ2v) is 18.8. The lowest BCUT2D eigenvalue weighted by molar-refractivity contribution is -0.143. The lowest BCUT2D eigenvalue weighted by atomic mass is 9.79. The summed E-state index contributed by atoms with van der Waals surface area (Å²) in [5.74, 6) is -3.43. The molecule has 0 saturated heterocycles. The Kier molecular flexibility index (Phi) is 25.3. The summed E-state index contributed by atoms with van der Waals surface area (Å²) in [6, 6.07) is 25.6. The topological polar surface area (TPSA) is 201 Å². The lowest BCUT2D eigenvalue weighted by Gasteiger charge is -2.48. The van der Waals surface area contributed by atoms with Crippen molar-refractivity contribution in [1.29, 1.82) is 0 Å². The van der Waals surface area contributed by atoms with Crippen molar-refractivity contribution >= 4 is 69.3 Å². The molecule has 1 heterocycles. The summed E-state index contributed by atoms with van der Waals surface area (Å²) >= 11 is 0. The number of benzene rings is 4. The summed E-state index contributed by atoms with van der Waals surface area (Å²) < 4.78 is 5.49. The average molecular weight is 1010 g/mol. The third-order valence-electron chi connectivity index (χ3n) is 12.8. The predicted molar refractivity (Wildman–Crippen MR) is 294 cm³/mol. The van der Waals surface area contributed by atoms with Gasteiger partial charge in [0.15, 0.2) is 0 Å². The van der Waals surface area contributed by atoms with Crippen molar-refractivity contribution in [2.24, 2.45) is 0 Å². The molecule has 16 heteroatoms. The zero-order chi connectivity index (χ0) is 54.3. The van der Waals surface area contributed by atoms with Gasteiger partial charge < -0.3 is 50.5 Å². The maximum atomic E-state index is 12.6. The van der Waals surface area contributed by atoms with E-state index in [1.54, 1.807) is 35.2 Å². The summed E-state index contributed by atoms with van der Waals surface area (Å²) in [4.78, 5) is 80.0. The van der Waals surface area contributed by atoms with Crippen LogP contribution in [0.5, 0.6) is 0 Å². The Morgan fingerprint density at radius 3 is 1.82 bits per heavy atom. The number of unbranched alkanes of at least 4 members (excludes halogenated alkanes) is 2. The smallest absolute Gasteiger partial charge is 0.313 e. The normalized spacial score (nSPS) is 13.2. The molecule has 0 saturated carbocycles. The van der Waals surface area contributed by atoms with E-state index < -0.39 is 35.2 Å². The van der Waals surface area contributed by atoms with Gasteiger partial charge in [-0.05, 0) is 132 Å². The first kappa shape index (κ1) is 60.7. The fourth-order valence-electron chi connectivity index (χ4n) is 8.10. The molecule has 1 aliphatic heterocycles. The second kappa shape index (κ2) is 30.4. The minimum absolute atomic E-state index is 0.00925. The predicted octanol–water partition coefficient (Wildman–Crippen LogP) is 8.38. The first-order chi connectivity index (χ1) is 34.8. The Labute approximate surface area is 433 Å². The first-order valence-corrected chi connectivity index (χ1v) is 25.4. The number of Topliss-reactive ketones (excluding diaryl/α,β-unsaturated/α-hetero) is 2. The highest BCUT2D eigenvalue weighted by Gasteiger charge is 2.38. The van der Waals surface area contributed by atoms with E-state index in [2.05, 4.69) is 72.2 Å². The van der Waals surface area contributed by atoms with Gasteiger partial charge in [0.05, 0.1) is 26.4 Å². The van der Waals surface area contributed by atoms with Crippen molar-refractivity contribution in [2.45, 2.75) is 106 Å². The quantitative estimate of drug-likeness (QED) is 0.0287. The van der Waals surface area contributed by atoms with Crippen LogP contribution in [0.4, 0.5) is 34.1 Å². The van der Waals surface area contributed by atoms with Crippen LogP contribution < -0.4 is 30.7 Å². The third kappa shape index (κ3) is 18.4. The molecular weight excluding hydrogens is 927 g/mol. The minimum atomic E-state index is -0.690. The average Bonchev–Trinajstić information content (AvgIpc) is 3.38. The van der Waals surface area contributed by atoms with E-state index in [1.807, 2.05) is 82.5 Å². The number of anilines is 6. The molecule has 0 radical (unpaired) electrons.